The first kappa shape index (κ1) is 26.3. The van der Waals surface area contributed by atoms with Gasteiger partial charge in [-0.3, -0.25) is 14.2 Å². The number of rotatable bonds is 7. The first-order chi connectivity index (χ1) is 17.6. The van der Waals surface area contributed by atoms with Crippen molar-refractivity contribution in [1.29, 1.82) is 0 Å². The summed E-state index contributed by atoms with van der Waals surface area (Å²) in [5, 5.41) is 0.578. The molecule has 1 aromatic heterocycles. The predicted octanol–water partition coefficient (Wildman–Crippen LogP) is 6.60. The quantitative estimate of drug-likeness (QED) is 0.290. The maximum absolute atomic E-state index is 13.9. The minimum absolute atomic E-state index is 0.00894. The molecule has 1 amide bonds. The average molecular weight is 496 g/mol. The van der Waals surface area contributed by atoms with E-state index in [0.717, 1.165) is 5.56 Å². The van der Waals surface area contributed by atoms with Crippen LogP contribution in [0.3, 0.4) is 0 Å². The van der Waals surface area contributed by atoms with E-state index >= 15 is 0 Å². The summed E-state index contributed by atoms with van der Waals surface area (Å²) in [6.45, 7) is 13.6. The fourth-order valence-corrected chi connectivity index (χ4v) is 4.65. The van der Waals surface area contributed by atoms with E-state index < -0.39 is 6.04 Å². The van der Waals surface area contributed by atoms with Crippen LogP contribution >= 0.6 is 0 Å². The Morgan fingerprint density at radius 3 is 2.14 bits per heavy atom. The molecule has 0 saturated carbocycles. The SMILES string of the molecule is CC(C)CN(C(=O)c1ccc(C(C)(C)C)cc1)C(C)c1nc2ccccc2c(=O)n1Cc1ccccc1. The number of benzene rings is 3. The standard InChI is InChI=1S/C32H37N3O2/c1-22(2)20-34(30(36)25-16-18-26(19-17-25)32(4,5)6)23(3)29-33-28-15-11-10-14-27(28)31(37)35(29)21-24-12-8-7-9-13-24/h7-19,22-23H,20-21H2,1-6H3. The number of fused-ring (bicyclic) bond motifs is 1. The molecular formula is C32H37N3O2. The number of para-hydroxylation sites is 1. The van der Waals surface area contributed by atoms with E-state index in [1.807, 2.05) is 90.7 Å². The Balaban J connectivity index is 1.80. The van der Waals surface area contributed by atoms with Crippen LogP contribution in [0.4, 0.5) is 0 Å². The maximum Gasteiger partial charge on any atom is 0.261 e. The van der Waals surface area contributed by atoms with Gasteiger partial charge in [0.1, 0.15) is 5.82 Å². The van der Waals surface area contributed by atoms with Gasteiger partial charge in [-0.25, -0.2) is 4.98 Å². The molecule has 0 bridgehead atoms. The zero-order valence-electron chi connectivity index (χ0n) is 22.7. The molecule has 0 radical (unpaired) electrons. The molecule has 37 heavy (non-hydrogen) atoms. The van der Waals surface area contributed by atoms with Crippen LogP contribution in [-0.2, 0) is 12.0 Å². The molecule has 1 unspecified atom stereocenters. The topological polar surface area (TPSA) is 55.2 Å². The van der Waals surface area contributed by atoms with Gasteiger partial charge in [-0.1, -0.05) is 89.2 Å². The van der Waals surface area contributed by atoms with Crippen molar-refractivity contribution in [3.8, 4) is 0 Å². The molecule has 0 aliphatic carbocycles. The van der Waals surface area contributed by atoms with E-state index in [2.05, 4.69) is 34.6 Å². The van der Waals surface area contributed by atoms with Crippen molar-refractivity contribution >= 4 is 16.8 Å². The molecule has 1 heterocycles. The molecule has 4 rings (SSSR count). The lowest BCUT2D eigenvalue weighted by Gasteiger charge is -2.32. The fourth-order valence-electron chi connectivity index (χ4n) is 4.65. The Labute approximate surface area is 219 Å². The normalized spacial score (nSPS) is 12.6. The van der Waals surface area contributed by atoms with Crippen molar-refractivity contribution in [2.24, 2.45) is 5.92 Å². The Kier molecular flexibility index (Phi) is 7.63. The summed E-state index contributed by atoms with van der Waals surface area (Å²) in [5.74, 6) is 0.776. The van der Waals surface area contributed by atoms with E-state index in [1.54, 1.807) is 4.57 Å². The minimum Gasteiger partial charge on any atom is -0.328 e. The summed E-state index contributed by atoms with van der Waals surface area (Å²) in [6, 6.07) is 24.8. The smallest absolute Gasteiger partial charge is 0.261 e. The van der Waals surface area contributed by atoms with Gasteiger partial charge >= 0.3 is 0 Å². The van der Waals surface area contributed by atoms with Gasteiger partial charge in [-0.15, -0.1) is 0 Å². The lowest BCUT2D eigenvalue weighted by Crippen LogP contribution is -2.40. The van der Waals surface area contributed by atoms with E-state index in [4.69, 9.17) is 4.98 Å². The predicted molar refractivity (Wildman–Crippen MR) is 151 cm³/mol. The molecule has 0 saturated heterocycles. The molecular weight excluding hydrogens is 458 g/mol. The van der Waals surface area contributed by atoms with Crippen molar-refractivity contribution in [3.63, 3.8) is 0 Å². The van der Waals surface area contributed by atoms with Crippen LogP contribution in [0.15, 0.2) is 83.7 Å². The van der Waals surface area contributed by atoms with Gasteiger partial charge in [0, 0.05) is 12.1 Å². The van der Waals surface area contributed by atoms with Crippen LogP contribution in [-0.4, -0.2) is 26.9 Å². The maximum atomic E-state index is 13.9. The Bertz CT molecular complexity index is 1430. The second-order valence-electron chi connectivity index (χ2n) is 11.2. The molecule has 0 spiro atoms. The summed E-state index contributed by atoms with van der Waals surface area (Å²) in [4.78, 5) is 34.4. The van der Waals surface area contributed by atoms with E-state index in [0.29, 0.717) is 35.4 Å². The summed E-state index contributed by atoms with van der Waals surface area (Å²) in [5.41, 5.74) is 3.39. The second-order valence-corrected chi connectivity index (χ2v) is 11.2. The largest absolute Gasteiger partial charge is 0.328 e. The summed E-state index contributed by atoms with van der Waals surface area (Å²) in [6.07, 6.45) is 0. The third-order valence-electron chi connectivity index (χ3n) is 6.74. The third kappa shape index (κ3) is 5.82. The zero-order chi connectivity index (χ0) is 26.7. The van der Waals surface area contributed by atoms with E-state index in [1.165, 1.54) is 5.56 Å². The molecule has 0 fully saturated rings. The Morgan fingerprint density at radius 1 is 0.892 bits per heavy atom. The summed E-state index contributed by atoms with van der Waals surface area (Å²) in [7, 11) is 0. The highest BCUT2D eigenvalue weighted by atomic mass is 16.2. The number of carbonyl (C=O) groups is 1. The van der Waals surface area contributed by atoms with Crippen LogP contribution < -0.4 is 5.56 Å². The average Bonchev–Trinajstić information content (AvgIpc) is 2.88. The van der Waals surface area contributed by atoms with Crippen molar-refractivity contribution in [3.05, 3.63) is 112 Å². The van der Waals surface area contributed by atoms with Crippen molar-refractivity contribution in [1.82, 2.24) is 14.5 Å². The first-order valence-electron chi connectivity index (χ1n) is 13.0. The monoisotopic (exact) mass is 495 g/mol. The number of amides is 1. The highest BCUT2D eigenvalue weighted by Gasteiger charge is 2.28. The highest BCUT2D eigenvalue weighted by Crippen LogP contribution is 2.26. The van der Waals surface area contributed by atoms with Crippen molar-refractivity contribution in [2.75, 3.05) is 6.54 Å². The lowest BCUT2D eigenvalue weighted by molar-refractivity contribution is 0.0653. The van der Waals surface area contributed by atoms with Crippen LogP contribution in [0.1, 0.15) is 74.9 Å². The lowest BCUT2D eigenvalue weighted by atomic mass is 9.86. The van der Waals surface area contributed by atoms with E-state index in [9.17, 15) is 9.59 Å². The number of hydrogen-bond acceptors (Lipinski definition) is 3. The molecule has 5 nitrogen and oxygen atoms in total. The molecule has 1 atom stereocenters. The second kappa shape index (κ2) is 10.7. The number of nitrogens with zero attached hydrogens (tertiary/aromatic N) is 3. The molecule has 0 aliphatic heterocycles. The van der Waals surface area contributed by atoms with Crippen LogP contribution in [0, 0.1) is 5.92 Å². The molecule has 0 aliphatic rings. The number of aromatic nitrogens is 2. The van der Waals surface area contributed by atoms with Gasteiger partial charge in [0.15, 0.2) is 0 Å². The van der Waals surface area contributed by atoms with Crippen LogP contribution in [0.2, 0.25) is 0 Å². The summed E-state index contributed by atoms with van der Waals surface area (Å²) < 4.78 is 1.73. The van der Waals surface area contributed by atoms with Gasteiger partial charge < -0.3 is 4.90 Å². The van der Waals surface area contributed by atoms with Gasteiger partial charge in [-0.05, 0) is 53.6 Å². The van der Waals surface area contributed by atoms with Gasteiger partial charge in [0.2, 0.25) is 0 Å². The molecule has 192 valence electrons. The number of hydrogen-bond donors (Lipinski definition) is 0. The molecule has 4 aromatic rings. The molecule has 3 aromatic carbocycles. The Morgan fingerprint density at radius 2 is 1.51 bits per heavy atom. The highest BCUT2D eigenvalue weighted by molar-refractivity contribution is 5.94. The third-order valence-corrected chi connectivity index (χ3v) is 6.74. The number of carbonyl (C=O) groups excluding carboxylic acids is 1. The van der Waals surface area contributed by atoms with Crippen LogP contribution in [0.25, 0.3) is 10.9 Å². The minimum atomic E-state index is -0.404. The Hall–Kier alpha value is -3.73. The van der Waals surface area contributed by atoms with Gasteiger partial charge in [0.25, 0.3) is 11.5 Å². The first-order valence-corrected chi connectivity index (χ1v) is 13.0. The van der Waals surface area contributed by atoms with E-state index in [-0.39, 0.29) is 22.8 Å². The summed E-state index contributed by atoms with van der Waals surface area (Å²) >= 11 is 0. The van der Waals surface area contributed by atoms with Crippen molar-refractivity contribution < 1.29 is 4.79 Å². The molecule has 5 heteroatoms. The van der Waals surface area contributed by atoms with Gasteiger partial charge in [-0.2, -0.15) is 0 Å². The fraction of sp³-hybridized carbons (Fsp3) is 0.344. The van der Waals surface area contributed by atoms with Gasteiger partial charge in [0.05, 0.1) is 23.5 Å². The molecule has 0 N–H and O–H groups in total. The van der Waals surface area contributed by atoms with Crippen LogP contribution in [0.5, 0.6) is 0 Å². The zero-order valence-corrected chi connectivity index (χ0v) is 22.7. The van der Waals surface area contributed by atoms with Crippen molar-refractivity contribution in [2.45, 2.75) is 59.5 Å².